The van der Waals surface area contributed by atoms with Crippen molar-refractivity contribution in [1.82, 2.24) is 9.97 Å². The Morgan fingerprint density at radius 2 is 2.05 bits per heavy atom. The zero-order chi connectivity index (χ0) is 14.7. The molecular formula is C15H16N2O3. The van der Waals surface area contributed by atoms with Gasteiger partial charge >= 0.3 is 5.97 Å². The van der Waals surface area contributed by atoms with Crippen LogP contribution in [-0.2, 0) is 0 Å². The van der Waals surface area contributed by atoms with Crippen LogP contribution >= 0.6 is 0 Å². The Labute approximate surface area is 117 Å². The Kier molecular flexibility index (Phi) is 3.98. The number of aryl methyl sites for hydroxylation is 2. The summed E-state index contributed by atoms with van der Waals surface area (Å²) < 4.78 is 5.54. The molecule has 5 heteroatoms. The Morgan fingerprint density at radius 3 is 2.70 bits per heavy atom. The third-order valence-electron chi connectivity index (χ3n) is 3.02. The van der Waals surface area contributed by atoms with Crippen molar-refractivity contribution in [3.8, 4) is 17.0 Å². The molecule has 2 rings (SSSR count). The highest BCUT2D eigenvalue weighted by Gasteiger charge is 2.16. The third-order valence-corrected chi connectivity index (χ3v) is 3.02. The van der Waals surface area contributed by atoms with Crippen molar-refractivity contribution >= 4 is 5.97 Å². The SMILES string of the molecule is CCOc1cc(C)c(-c2ncncc2C(=O)O)cc1C. The molecule has 1 N–H and O–H groups in total. The van der Waals surface area contributed by atoms with E-state index in [0.717, 1.165) is 22.4 Å². The average molecular weight is 272 g/mol. The number of ether oxygens (including phenoxy) is 1. The van der Waals surface area contributed by atoms with E-state index in [9.17, 15) is 9.90 Å². The standard InChI is InChI=1S/C15H16N2O3/c1-4-20-13-6-9(2)11(5-10(13)3)14-12(15(18)19)7-16-8-17-14/h5-8H,4H2,1-3H3,(H,18,19). The zero-order valence-electron chi connectivity index (χ0n) is 11.7. The van der Waals surface area contributed by atoms with E-state index >= 15 is 0 Å². The topological polar surface area (TPSA) is 72.3 Å². The number of aromatic carboxylic acids is 1. The second-order valence-electron chi connectivity index (χ2n) is 4.46. The van der Waals surface area contributed by atoms with Gasteiger partial charge in [0.15, 0.2) is 0 Å². The molecule has 104 valence electrons. The van der Waals surface area contributed by atoms with Gasteiger partial charge in [-0.3, -0.25) is 0 Å². The van der Waals surface area contributed by atoms with Gasteiger partial charge in [-0.15, -0.1) is 0 Å². The van der Waals surface area contributed by atoms with Crippen LogP contribution in [0.2, 0.25) is 0 Å². The Morgan fingerprint density at radius 1 is 1.30 bits per heavy atom. The van der Waals surface area contributed by atoms with E-state index < -0.39 is 5.97 Å². The summed E-state index contributed by atoms with van der Waals surface area (Å²) in [5.41, 5.74) is 3.17. The van der Waals surface area contributed by atoms with E-state index in [-0.39, 0.29) is 5.56 Å². The predicted molar refractivity (Wildman–Crippen MR) is 75.1 cm³/mol. The fourth-order valence-corrected chi connectivity index (χ4v) is 2.06. The van der Waals surface area contributed by atoms with E-state index in [4.69, 9.17) is 4.74 Å². The number of benzene rings is 1. The van der Waals surface area contributed by atoms with Gasteiger partial charge < -0.3 is 9.84 Å². The predicted octanol–water partition coefficient (Wildman–Crippen LogP) is 2.86. The van der Waals surface area contributed by atoms with Gasteiger partial charge in [0.2, 0.25) is 0 Å². The van der Waals surface area contributed by atoms with Gasteiger partial charge in [0.25, 0.3) is 0 Å². The summed E-state index contributed by atoms with van der Waals surface area (Å²) in [6, 6.07) is 3.80. The number of hydrogen-bond donors (Lipinski definition) is 1. The smallest absolute Gasteiger partial charge is 0.339 e. The van der Waals surface area contributed by atoms with Gasteiger partial charge in [0, 0.05) is 11.8 Å². The van der Waals surface area contributed by atoms with Crippen molar-refractivity contribution in [1.29, 1.82) is 0 Å². The number of nitrogens with zero attached hydrogens (tertiary/aromatic N) is 2. The van der Waals surface area contributed by atoms with Crippen LogP contribution in [-0.4, -0.2) is 27.7 Å². The minimum Gasteiger partial charge on any atom is -0.494 e. The van der Waals surface area contributed by atoms with Gasteiger partial charge in [-0.2, -0.15) is 0 Å². The number of carbonyl (C=O) groups is 1. The number of hydrogen-bond acceptors (Lipinski definition) is 4. The fraction of sp³-hybridized carbons (Fsp3) is 0.267. The van der Waals surface area contributed by atoms with Crippen molar-refractivity contribution < 1.29 is 14.6 Å². The lowest BCUT2D eigenvalue weighted by atomic mass is 9.99. The van der Waals surface area contributed by atoms with Gasteiger partial charge in [0.1, 0.15) is 17.6 Å². The molecule has 0 radical (unpaired) electrons. The first-order chi connectivity index (χ1) is 9.54. The number of rotatable bonds is 4. The fourth-order valence-electron chi connectivity index (χ4n) is 2.06. The van der Waals surface area contributed by atoms with Crippen molar-refractivity contribution in [2.24, 2.45) is 0 Å². The molecule has 0 aliphatic carbocycles. The third kappa shape index (κ3) is 2.61. The number of aromatic nitrogens is 2. The summed E-state index contributed by atoms with van der Waals surface area (Å²) in [6.45, 7) is 6.35. The second kappa shape index (κ2) is 5.69. The molecule has 0 atom stereocenters. The summed E-state index contributed by atoms with van der Waals surface area (Å²) in [4.78, 5) is 19.1. The molecule has 20 heavy (non-hydrogen) atoms. The molecule has 0 aliphatic rings. The first-order valence-electron chi connectivity index (χ1n) is 6.32. The second-order valence-corrected chi connectivity index (χ2v) is 4.46. The highest BCUT2D eigenvalue weighted by atomic mass is 16.5. The summed E-state index contributed by atoms with van der Waals surface area (Å²) in [6.07, 6.45) is 2.67. The van der Waals surface area contributed by atoms with Crippen molar-refractivity contribution in [3.63, 3.8) is 0 Å². The molecule has 0 fully saturated rings. The maximum Gasteiger partial charge on any atom is 0.339 e. The lowest BCUT2D eigenvalue weighted by Crippen LogP contribution is -2.04. The molecule has 1 heterocycles. The lowest BCUT2D eigenvalue weighted by molar-refractivity contribution is 0.0697. The van der Waals surface area contributed by atoms with Gasteiger partial charge in [-0.25, -0.2) is 14.8 Å². The van der Waals surface area contributed by atoms with Crippen LogP contribution in [0.3, 0.4) is 0 Å². The Balaban J connectivity index is 2.59. The molecule has 1 aromatic heterocycles. The van der Waals surface area contributed by atoms with Crippen molar-refractivity contribution in [2.45, 2.75) is 20.8 Å². The van der Waals surface area contributed by atoms with Gasteiger partial charge in [-0.1, -0.05) is 0 Å². The molecule has 5 nitrogen and oxygen atoms in total. The monoisotopic (exact) mass is 272 g/mol. The van der Waals surface area contributed by atoms with Crippen LogP contribution in [0.4, 0.5) is 0 Å². The van der Waals surface area contributed by atoms with Crippen molar-refractivity contribution in [3.05, 3.63) is 41.3 Å². The van der Waals surface area contributed by atoms with Crippen LogP contribution in [0.25, 0.3) is 11.3 Å². The van der Waals surface area contributed by atoms with E-state index in [1.54, 1.807) is 0 Å². The molecule has 0 bridgehead atoms. The summed E-state index contributed by atoms with van der Waals surface area (Å²) >= 11 is 0. The van der Waals surface area contributed by atoms with Gasteiger partial charge in [0.05, 0.1) is 12.3 Å². The first kappa shape index (κ1) is 14.0. The summed E-state index contributed by atoms with van der Waals surface area (Å²) in [7, 11) is 0. The quantitative estimate of drug-likeness (QED) is 0.926. The largest absolute Gasteiger partial charge is 0.494 e. The van der Waals surface area contributed by atoms with E-state index in [1.165, 1.54) is 12.5 Å². The van der Waals surface area contributed by atoms with E-state index in [1.807, 2.05) is 32.9 Å². The summed E-state index contributed by atoms with van der Waals surface area (Å²) in [5.74, 6) is -0.230. The van der Waals surface area contributed by atoms with Crippen LogP contribution < -0.4 is 4.74 Å². The minimum absolute atomic E-state index is 0.0964. The molecule has 0 unspecified atom stereocenters. The Hall–Kier alpha value is -2.43. The van der Waals surface area contributed by atoms with Gasteiger partial charge in [-0.05, 0) is 44.0 Å². The molecule has 1 aromatic carbocycles. The first-order valence-corrected chi connectivity index (χ1v) is 6.32. The molecule has 0 spiro atoms. The zero-order valence-corrected chi connectivity index (χ0v) is 11.7. The highest BCUT2D eigenvalue weighted by molar-refractivity contribution is 5.94. The van der Waals surface area contributed by atoms with Crippen LogP contribution in [0.5, 0.6) is 5.75 Å². The maximum absolute atomic E-state index is 11.3. The highest BCUT2D eigenvalue weighted by Crippen LogP contribution is 2.30. The maximum atomic E-state index is 11.3. The summed E-state index contributed by atoms with van der Waals surface area (Å²) in [5, 5.41) is 9.22. The van der Waals surface area contributed by atoms with Crippen LogP contribution in [0, 0.1) is 13.8 Å². The molecule has 2 aromatic rings. The van der Waals surface area contributed by atoms with Crippen LogP contribution in [0.15, 0.2) is 24.7 Å². The number of carboxylic acids is 1. The van der Waals surface area contributed by atoms with Crippen molar-refractivity contribution in [2.75, 3.05) is 6.61 Å². The molecule has 0 amide bonds. The Bertz CT molecular complexity index is 654. The molecule has 0 saturated heterocycles. The number of carboxylic acid groups (broad SMARTS) is 1. The van der Waals surface area contributed by atoms with E-state index in [0.29, 0.717) is 12.3 Å². The molecule has 0 saturated carbocycles. The lowest BCUT2D eigenvalue weighted by Gasteiger charge is -2.13. The normalized spacial score (nSPS) is 10.3. The average Bonchev–Trinajstić information content (AvgIpc) is 2.42. The molecule has 0 aliphatic heterocycles. The van der Waals surface area contributed by atoms with Crippen LogP contribution in [0.1, 0.15) is 28.4 Å². The molecular weight excluding hydrogens is 256 g/mol. The minimum atomic E-state index is -1.04. The van der Waals surface area contributed by atoms with E-state index in [2.05, 4.69) is 9.97 Å².